The number of amides is 3. The maximum atomic E-state index is 13.6. The molecule has 0 radical (unpaired) electrons. The lowest BCUT2D eigenvalue weighted by Crippen LogP contribution is -2.77. The maximum absolute atomic E-state index is 13.6. The number of hydrogen-bond donors (Lipinski definition) is 1. The monoisotopic (exact) mass is 379 g/mol. The highest BCUT2D eigenvalue weighted by Gasteiger charge is 2.72. The molecule has 0 aromatic heterocycles. The Balaban J connectivity index is 1.42. The number of hydrogen-bond acceptors (Lipinski definition) is 4. The SMILES string of the molecule is O=C1[C@@H]2[C@@H]3CC[C@]4([C@@H]5CNC[C@H](C5)CN4C3=O)[C@@H]2C(=O)N1Cc1ccccc1. The molecule has 5 aliphatic heterocycles. The van der Waals surface area contributed by atoms with Gasteiger partial charge in [-0.25, -0.2) is 0 Å². The molecule has 6 aliphatic rings. The van der Waals surface area contributed by atoms with Gasteiger partial charge in [0, 0.05) is 13.1 Å². The van der Waals surface area contributed by atoms with E-state index in [0.29, 0.717) is 12.5 Å². The molecule has 6 fully saturated rings. The molecule has 146 valence electrons. The first-order valence-electron chi connectivity index (χ1n) is 10.5. The molecule has 1 saturated carbocycles. The van der Waals surface area contributed by atoms with Crippen LogP contribution >= 0.6 is 0 Å². The van der Waals surface area contributed by atoms with Crippen LogP contribution in [0.25, 0.3) is 0 Å². The van der Waals surface area contributed by atoms with Gasteiger partial charge in [-0.2, -0.15) is 0 Å². The normalized spacial score (nSPS) is 41.3. The molecular weight excluding hydrogens is 354 g/mol. The third-order valence-corrected chi connectivity index (χ3v) is 8.13. The highest BCUT2D eigenvalue weighted by Crippen LogP contribution is 2.60. The van der Waals surface area contributed by atoms with Gasteiger partial charge >= 0.3 is 0 Å². The molecule has 7 rings (SSSR count). The van der Waals surface area contributed by atoms with Gasteiger partial charge in [-0.15, -0.1) is 0 Å². The van der Waals surface area contributed by atoms with E-state index < -0.39 is 11.5 Å². The van der Waals surface area contributed by atoms with Gasteiger partial charge in [0.2, 0.25) is 17.7 Å². The van der Waals surface area contributed by atoms with Crippen molar-refractivity contribution in [2.75, 3.05) is 19.6 Å². The Morgan fingerprint density at radius 3 is 2.68 bits per heavy atom. The zero-order valence-electron chi connectivity index (χ0n) is 15.8. The van der Waals surface area contributed by atoms with Crippen LogP contribution in [0.3, 0.4) is 0 Å². The molecule has 6 nitrogen and oxygen atoms in total. The predicted molar refractivity (Wildman–Crippen MR) is 101 cm³/mol. The van der Waals surface area contributed by atoms with Crippen molar-refractivity contribution in [2.45, 2.75) is 31.3 Å². The number of nitrogens with zero attached hydrogens (tertiary/aromatic N) is 2. The number of nitrogens with one attached hydrogen (secondary N) is 1. The highest BCUT2D eigenvalue weighted by molar-refractivity contribution is 6.09. The molecule has 6 heteroatoms. The molecule has 1 aromatic rings. The minimum atomic E-state index is -0.460. The van der Waals surface area contributed by atoms with E-state index in [1.807, 2.05) is 30.3 Å². The number of imide groups is 1. The number of carbonyl (C=O) groups excluding carboxylic acids is 3. The summed E-state index contributed by atoms with van der Waals surface area (Å²) in [5.41, 5.74) is 0.498. The highest BCUT2D eigenvalue weighted by atomic mass is 16.2. The van der Waals surface area contributed by atoms with Gasteiger partial charge in [-0.1, -0.05) is 30.3 Å². The summed E-state index contributed by atoms with van der Waals surface area (Å²) in [4.78, 5) is 43.8. The predicted octanol–water partition coefficient (Wildman–Crippen LogP) is 1.02. The number of rotatable bonds is 2. The van der Waals surface area contributed by atoms with E-state index in [1.165, 1.54) is 4.90 Å². The molecule has 4 bridgehead atoms. The Labute approximate surface area is 164 Å². The Hall–Kier alpha value is -2.21. The summed E-state index contributed by atoms with van der Waals surface area (Å²) in [6.45, 7) is 2.84. The number of benzene rings is 1. The number of likely N-dealkylation sites (tertiary alicyclic amines) is 1. The van der Waals surface area contributed by atoms with Crippen molar-refractivity contribution in [1.82, 2.24) is 15.1 Å². The third-order valence-electron chi connectivity index (χ3n) is 8.13. The van der Waals surface area contributed by atoms with Gasteiger partial charge in [0.15, 0.2) is 0 Å². The fraction of sp³-hybridized carbons (Fsp3) is 0.591. The van der Waals surface area contributed by atoms with Gasteiger partial charge in [0.1, 0.15) is 0 Å². The molecule has 5 heterocycles. The van der Waals surface area contributed by atoms with E-state index >= 15 is 0 Å². The van der Waals surface area contributed by atoms with Crippen LogP contribution in [-0.2, 0) is 20.9 Å². The van der Waals surface area contributed by atoms with Crippen LogP contribution in [0.1, 0.15) is 24.8 Å². The van der Waals surface area contributed by atoms with Crippen LogP contribution in [-0.4, -0.2) is 52.7 Å². The standard InChI is InChI=1S/C22H25N3O3/c26-19-16-6-7-22(15-8-14(9-23-10-15)12-25(19)22)18-17(16)20(27)24(21(18)28)11-13-4-2-1-3-5-13/h1-5,14-18,23H,6-12H2/t14-,15-,16-,17+,18-,22-/m0/s1. The number of piperidine rings is 4. The summed E-state index contributed by atoms with van der Waals surface area (Å²) in [6, 6.07) is 9.68. The largest absolute Gasteiger partial charge is 0.335 e. The molecule has 1 aliphatic carbocycles. The minimum absolute atomic E-state index is 0.0509. The molecule has 0 unspecified atom stereocenters. The fourth-order valence-electron chi connectivity index (χ4n) is 7.06. The van der Waals surface area contributed by atoms with Crippen molar-refractivity contribution in [3.63, 3.8) is 0 Å². The second kappa shape index (κ2) is 5.66. The zero-order chi connectivity index (χ0) is 19.0. The molecule has 1 N–H and O–H groups in total. The third kappa shape index (κ3) is 1.94. The first-order valence-corrected chi connectivity index (χ1v) is 10.5. The van der Waals surface area contributed by atoms with Crippen molar-refractivity contribution < 1.29 is 14.4 Å². The molecule has 5 saturated heterocycles. The van der Waals surface area contributed by atoms with Gasteiger partial charge in [0.25, 0.3) is 0 Å². The molecule has 28 heavy (non-hydrogen) atoms. The topological polar surface area (TPSA) is 69.7 Å². The second-order valence-corrected chi connectivity index (χ2v) is 9.29. The fourth-order valence-corrected chi connectivity index (χ4v) is 7.06. The molecular formula is C22H25N3O3. The molecule has 3 amide bonds. The smallest absolute Gasteiger partial charge is 0.235 e. The molecule has 6 atom stereocenters. The van der Waals surface area contributed by atoms with Gasteiger partial charge < -0.3 is 10.2 Å². The van der Waals surface area contributed by atoms with Crippen molar-refractivity contribution in [3.05, 3.63) is 35.9 Å². The van der Waals surface area contributed by atoms with Crippen LogP contribution in [0.2, 0.25) is 0 Å². The number of carbonyl (C=O) groups is 3. The van der Waals surface area contributed by atoms with Gasteiger partial charge in [-0.05, 0) is 43.2 Å². The molecule has 1 spiro atoms. The average Bonchev–Trinajstić information content (AvgIpc) is 2.97. The van der Waals surface area contributed by atoms with Crippen LogP contribution < -0.4 is 5.32 Å². The van der Waals surface area contributed by atoms with Crippen molar-refractivity contribution in [2.24, 2.45) is 29.6 Å². The summed E-state index contributed by atoms with van der Waals surface area (Å²) >= 11 is 0. The van der Waals surface area contributed by atoms with E-state index in [1.54, 1.807) is 0 Å². The first kappa shape index (κ1) is 16.7. The van der Waals surface area contributed by atoms with Crippen LogP contribution in [0.4, 0.5) is 0 Å². The van der Waals surface area contributed by atoms with Crippen molar-refractivity contribution in [3.8, 4) is 0 Å². The Morgan fingerprint density at radius 1 is 1.04 bits per heavy atom. The van der Waals surface area contributed by atoms with E-state index in [9.17, 15) is 14.4 Å². The Morgan fingerprint density at radius 2 is 1.86 bits per heavy atom. The van der Waals surface area contributed by atoms with E-state index in [-0.39, 0.29) is 35.5 Å². The zero-order valence-corrected chi connectivity index (χ0v) is 15.8. The quantitative estimate of drug-likeness (QED) is 0.779. The van der Waals surface area contributed by atoms with Gasteiger partial charge in [0.05, 0.1) is 29.8 Å². The van der Waals surface area contributed by atoms with Crippen molar-refractivity contribution >= 4 is 17.7 Å². The lowest BCUT2D eigenvalue weighted by atomic mass is 9.51. The van der Waals surface area contributed by atoms with E-state index in [2.05, 4.69) is 10.2 Å². The summed E-state index contributed by atoms with van der Waals surface area (Å²) in [5, 5.41) is 3.52. The maximum Gasteiger partial charge on any atom is 0.235 e. The van der Waals surface area contributed by atoms with E-state index in [4.69, 9.17) is 0 Å². The second-order valence-electron chi connectivity index (χ2n) is 9.29. The van der Waals surface area contributed by atoms with Crippen LogP contribution in [0.5, 0.6) is 0 Å². The van der Waals surface area contributed by atoms with Crippen LogP contribution in [0.15, 0.2) is 30.3 Å². The van der Waals surface area contributed by atoms with Crippen LogP contribution in [0, 0.1) is 29.6 Å². The van der Waals surface area contributed by atoms with Crippen molar-refractivity contribution in [1.29, 1.82) is 0 Å². The average molecular weight is 379 g/mol. The van der Waals surface area contributed by atoms with Gasteiger partial charge in [-0.3, -0.25) is 19.3 Å². The lowest BCUT2D eigenvalue weighted by Gasteiger charge is -2.65. The summed E-state index contributed by atoms with van der Waals surface area (Å²) < 4.78 is 0. The summed E-state index contributed by atoms with van der Waals surface area (Å²) in [7, 11) is 0. The Kier molecular flexibility index (Phi) is 3.38. The summed E-state index contributed by atoms with van der Waals surface area (Å²) in [6.07, 6.45) is 2.67. The minimum Gasteiger partial charge on any atom is -0.335 e. The number of fused-ring (bicyclic) bond motifs is 3. The Bertz CT molecular complexity index is 871. The molecule has 1 aromatic carbocycles. The summed E-state index contributed by atoms with van der Waals surface area (Å²) in [5.74, 6) is -0.419. The first-order chi connectivity index (χ1) is 13.6. The lowest BCUT2D eigenvalue weighted by molar-refractivity contribution is -0.195. The van der Waals surface area contributed by atoms with E-state index in [0.717, 1.165) is 44.5 Å².